The standard InChI is InChI=1S/C28H45F2N3O6/c1-21-32-22(31)19-20-33(21)27-28(29,30)25(37)26(39-27)38-24(36)18-16-14-12-10-8-6-4-2-3-5-7-9-11-13-15-17-23(34)35/h19-20,25-27,37H,1-18H2,(H2,31,32)(H,34,35)/t25?,26-,27+/m0/s1. The number of rotatable bonds is 20. The number of aliphatic imine (C=N–C) groups is 1. The van der Waals surface area contributed by atoms with Crippen molar-refractivity contribution in [3.05, 3.63) is 24.7 Å². The number of aliphatic hydroxyl groups excluding tert-OH is 1. The van der Waals surface area contributed by atoms with Gasteiger partial charge in [0.15, 0.2) is 6.10 Å². The number of aliphatic carboxylic acids is 1. The summed E-state index contributed by atoms with van der Waals surface area (Å²) < 4.78 is 39.4. The van der Waals surface area contributed by atoms with Crippen molar-refractivity contribution in [1.29, 1.82) is 0 Å². The summed E-state index contributed by atoms with van der Waals surface area (Å²) in [5.41, 5.74) is 5.53. The van der Waals surface area contributed by atoms with Crippen molar-refractivity contribution in [3.8, 4) is 0 Å². The Kier molecular flexibility index (Phi) is 14.4. The zero-order valence-corrected chi connectivity index (χ0v) is 22.9. The highest BCUT2D eigenvalue weighted by Crippen LogP contribution is 2.40. The molecule has 2 aliphatic heterocycles. The van der Waals surface area contributed by atoms with Crippen LogP contribution in [0.15, 0.2) is 29.7 Å². The lowest BCUT2D eigenvalue weighted by Crippen LogP contribution is -2.47. The maximum absolute atomic E-state index is 14.6. The lowest BCUT2D eigenvalue weighted by molar-refractivity contribution is -0.195. The number of carboxylic acid groups (broad SMARTS) is 1. The van der Waals surface area contributed by atoms with E-state index >= 15 is 0 Å². The summed E-state index contributed by atoms with van der Waals surface area (Å²) in [5.74, 6) is -5.08. The minimum absolute atomic E-state index is 0.0690. The van der Waals surface area contributed by atoms with Crippen LogP contribution in [-0.2, 0) is 19.1 Å². The van der Waals surface area contributed by atoms with Crippen LogP contribution in [0.2, 0.25) is 0 Å². The van der Waals surface area contributed by atoms with Crippen molar-refractivity contribution in [2.45, 2.75) is 134 Å². The van der Waals surface area contributed by atoms with Crippen LogP contribution in [-0.4, -0.2) is 57.4 Å². The smallest absolute Gasteiger partial charge is 0.323 e. The number of halogens is 2. The molecule has 39 heavy (non-hydrogen) atoms. The third kappa shape index (κ3) is 11.6. The Bertz CT molecular complexity index is 851. The monoisotopic (exact) mass is 557 g/mol. The summed E-state index contributed by atoms with van der Waals surface area (Å²) >= 11 is 0. The fourth-order valence-corrected chi connectivity index (χ4v) is 4.70. The van der Waals surface area contributed by atoms with Gasteiger partial charge in [0, 0.05) is 19.0 Å². The van der Waals surface area contributed by atoms with Gasteiger partial charge in [-0.15, -0.1) is 0 Å². The van der Waals surface area contributed by atoms with Crippen molar-refractivity contribution >= 4 is 17.8 Å². The number of nitrogens with two attached hydrogens (primary N) is 1. The molecule has 0 aromatic rings. The first-order valence-corrected chi connectivity index (χ1v) is 14.2. The Balaban J connectivity index is 1.46. The molecule has 2 aliphatic rings. The van der Waals surface area contributed by atoms with Crippen LogP contribution in [0.4, 0.5) is 8.78 Å². The first-order chi connectivity index (χ1) is 18.6. The topological polar surface area (TPSA) is 135 Å². The highest BCUT2D eigenvalue weighted by atomic mass is 19.3. The second kappa shape index (κ2) is 17.2. The highest BCUT2D eigenvalue weighted by molar-refractivity contribution is 5.92. The molecule has 2 heterocycles. The third-order valence-electron chi connectivity index (χ3n) is 6.98. The first-order valence-electron chi connectivity index (χ1n) is 14.2. The molecule has 0 aliphatic carbocycles. The van der Waals surface area contributed by atoms with Gasteiger partial charge in [0.2, 0.25) is 12.5 Å². The Morgan fingerprint density at radius 3 is 1.87 bits per heavy atom. The van der Waals surface area contributed by atoms with Crippen molar-refractivity contribution in [2.24, 2.45) is 10.7 Å². The minimum Gasteiger partial charge on any atom is -0.481 e. The lowest BCUT2D eigenvalue weighted by Gasteiger charge is -2.31. The van der Waals surface area contributed by atoms with Crippen molar-refractivity contribution in [1.82, 2.24) is 4.90 Å². The Hall–Kier alpha value is -2.53. The molecule has 1 fully saturated rings. The molecular weight excluding hydrogens is 512 g/mol. The van der Waals surface area contributed by atoms with Gasteiger partial charge < -0.3 is 30.3 Å². The van der Waals surface area contributed by atoms with Crippen LogP contribution in [0.25, 0.3) is 0 Å². The van der Waals surface area contributed by atoms with Crippen LogP contribution in [0.1, 0.15) is 109 Å². The van der Waals surface area contributed by atoms with E-state index in [1.54, 1.807) is 0 Å². The summed E-state index contributed by atoms with van der Waals surface area (Å²) in [4.78, 5) is 27.4. The number of esters is 1. The van der Waals surface area contributed by atoms with E-state index in [1.807, 2.05) is 0 Å². The molecule has 222 valence electrons. The molecule has 11 heteroatoms. The second-order valence-corrected chi connectivity index (χ2v) is 10.3. The number of carboxylic acids is 1. The first kappa shape index (κ1) is 32.7. The average molecular weight is 558 g/mol. The molecule has 4 N–H and O–H groups in total. The molecule has 3 atom stereocenters. The number of ether oxygens (including phenoxy) is 2. The summed E-state index contributed by atoms with van der Waals surface area (Å²) in [6.45, 7) is 3.57. The van der Waals surface area contributed by atoms with Crippen LogP contribution in [0.3, 0.4) is 0 Å². The predicted molar refractivity (Wildman–Crippen MR) is 144 cm³/mol. The van der Waals surface area contributed by atoms with E-state index in [1.165, 1.54) is 57.2 Å². The number of hydrogen-bond donors (Lipinski definition) is 3. The van der Waals surface area contributed by atoms with E-state index in [0.29, 0.717) is 6.42 Å². The van der Waals surface area contributed by atoms with E-state index in [4.69, 9.17) is 20.3 Å². The van der Waals surface area contributed by atoms with Gasteiger partial charge in [-0.1, -0.05) is 90.0 Å². The fourth-order valence-electron chi connectivity index (χ4n) is 4.70. The molecule has 0 bridgehead atoms. The molecule has 0 amide bonds. The van der Waals surface area contributed by atoms with E-state index in [-0.39, 0.29) is 24.5 Å². The summed E-state index contributed by atoms with van der Waals surface area (Å²) in [6, 6.07) is 0. The normalized spacial score (nSPS) is 22.2. The van der Waals surface area contributed by atoms with Crippen molar-refractivity contribution in [2.75, 3.05) is 0 Å². The number of carbonyl (C=O) groups excluding carboxylic acids is 1. The van der Waals surface area contributed by atoms with Gasteiger partial charge in [0.05, 0.1) is 0 Å². The maximum Gasteiger partial charge on any atom is 0.323 e. The van der Waals surface area contributed by atoms with Crippen LogP contribution in [0.5, 0.6) is 0 Å². The summed E-state index contributed by atoms with van der Waals surface area (Å²) in [5, 5.41) is 18.6. The molecule has 0 aromatic heterocycles. The molecule has 0 radical (unpaired) electrons. The Labute approximate surface area is 230 Å². The molecule has 1 unspecified atom stereocenters. The van der Waals surface area contributed by atoms with E-state index in [9.17, 15) is 23.5 Å². The number of carbonyl (C=O) groups is 2. The second-order valence-electron chi connectivity index (χ2n) is 10.3. The minimum atomic E-state index is -3.72. The van der Waals surface area contributed by atoms with Crippen molar-refractivity contribution < 1.29 is 38.1 Å². The van der Waals surface area contributed by atoms with Gasteiger partial charge >= 0.3 is 17.9 Å². The molecule has 2 rings (SSSR count). The Morgan fingerprint density at radius 1 is 0.949 bits per heavy atom. The number of aliphatic hydroxyl groups is 1. The fraction of sp³-hybridized carbons (Fsp3) is 0.750. The van der Waals surface area contributed by atoms with Crippen LogP contribution in [0, 0.1) is 0 Å². The van der Waals surface area contributed by atoms with Crippen molar-refractivity contribution in [3.63, 3.8) is 0 Å². The largest absolute Gasteiger partial charge is 0.481 e. The number of amidine groups is 1. The molecular formula is C28H45F2N3O6. The summed E-state index contributed by atoms with van der Waals surface area (Å²) in [7, 11) is 0. The number of alkyl halides is 2. The lowest BCUT2D eigenvalue weighted by atomic mass is 10.0. The zero-order valence-electron chi connectivity index (χ0n) is 22.9. The molecule has 1 saturated heterocycles. The van der Waals surface area contributed by atoms with Gasteiger partial charge in [-0.3, -0.25) is 9.59 Å². The Morgan fingerprint density at radius 2 is 1.41 bits per heavy atom. The van der Waals surface area contributed by atoms with E-state index < -0.39 is 36.5 Å². The molecule has 0 saturated carbocycles. The highest BCUT2D eigenvalue weighted by Gasteiger charge is 2.62. The van der Waals surface area contributed by atoms with Gasteiger partial charge in [-0.05, 0) is 18.9 Å². The third-order valence-corrected chi connectivity index (χ3v) is 6.98. The van der Waals surface area contributed by atoms with E-state index in [2.05, 4.69) is 11.6 Å². The zero-order chi connectivity index (χ0) is 28.7. The molecule has 9 nitrogen and oxygen atoms in total. The quantitative estimate of drug-likeness (QED) is 0.130. The van der Waals surface area contributed by atoms with Gasteiger partial charge in [-0.2, -0.15) is 8.78 Å². The van der Waals surface area contributed by atoms with E-state index in [0.717, 1.165) is 49.8 Å². The predicted octanol–water partition coefficient (Wildman–Crippen LogP) is 5.58. The maximum atomic E-state index is 14.6. The van der Waals surface area contributed by atoms with Crippen LogP contribution < -0.4 is 5.73 Å². The number of hydrogen-bond acceptors (Lipinski definition) is 8. The number of unbranched alkanes of at least 4 members (excludes halogenated alkanes) is 14. The molecule has 0 spiro atoms. The van der Waals surface area contributed by atoms with Gasteiger partial charge in [0.1, 0.15) is 11.7 Å². The SMILES string of the molecule is C=C1N=C(N)C=CN1[C@@H]1O[C@H](OC(=O)CCCCCCCCCCCCCCCCCC(=O)O)C(O)C1(F)F. The summed E-state index contributed by atoms with van der Waals surface area (Å²) in [6.07, 6.45) is 13.0. The van der Waals surface area contributed by atoms with Crippen LogP contribution >= 0.6 is 0 Å². The number of nitrogens with zero attached hydrogens (tertiary/aromatic N) is 2. The van der Waals surface area contributed by atoms with Gasteiger partial charge in [0.25, 0.3) is 0 Å². The average Bonchev–Trinajstić information content (AvgIpc) is 3.09. The molecule has 0 aromatic carbocycles. The van der Waals surface area contributed by atoms with Gasteiger partial charge in [-0.25, -0.2) is 4.99 Å².